The summed E-state index contributed by atoms with van der Waals surface area (Å²) in [6.07, 6.45) is 0.915. The molecule has 4 heteroatoms. The van der Waals surface area contributed by atoms with Crippen LogP contribution in [-0.4, -0.2) is 10.9 Å². The van der Waals surface area contributed by atoms with Crippen LogP contribution in [0.15, 0.2) is 60.7 Å². The lowest BCUT2D eigenvalue weighted by Gasteiger charge is -2.07. The van der Waals surface area contributed by atoms with Crippen molar-refractivity contribution in [1.29, 1.82) is 0 Å². The fraction of sp³-hybridized carbons (Fsp3) is 0.100. The van der Waals surface area contributed by atoms with Crippen LogP contribution in [0.3, 0.4) is 0 Å². The third-order valence-corrected chi connectivity index (χ3v) is 5.17. The van der Waals surface area contributed by atoms with E-state index < -0.39 is 0 Å². The zero-order valence-corrected chi connectivity index (χ0v) is 14.1. The zero-order valence-electron chi connectivity index (χ0n) is 13.2. The second-order valence-electron chi connectivity index (χ2n) is 5.66. The maximum Gasteiger partial charge on any atom is 0.255 e. The van der Waals surface area contributed by atoms with Crippen LogP contribution in [0.4, 0.5) is 5.69 Å². The van der Waals surface area contributed by atoms with Crippen molar-refractivity contribution in [3.8, 4) is 0 Å². The van der Waals surface area contributed by atoms with Gasteiger partial charge in [0.25, 0.3) is 5.91 Å². The summed E-state index contributed by atoms with van der Waals surface area (Å²) >= 11 is 1.65. The molecule has 0 aliphatic carbocycles. The summed E-state index contributed by atoms with van der Waals surface area (Å²) in [6, 6.07) is 19.7. The van der Waals surface area contributed by atoms with Gasteiger partial charge in [0, 0.05) is 11.3 Å². The quantitative estimate of drug-likeness (QED) is 0.556. The standard InChI is InChI=1S/C20H16N2OS/c1-2-19-22-17-10-8-15(12-18(17)24-19)20(23)21-16-9-7-13-5-3-4-6-14(13)11-16/h3-12H,2H2,1H3,(H,21,23). The van der Waals surface area contributed by atoms with E-state index >= 15 is 0 Å². The number of hydrogen-bond acceptors (Lipinski definition) is 3. The number of rotatable bonds is 3. The number of fused-ring (bicyclic) bond motifs is 2. The van der Waals surface area contributed by atoms with Gasteiger partial charge >= 0.3 is 0 Å². The topological polar surface area (TPSA) is 42.0 Å². The Bertz CT molecular complexity index is 1050. The average molecular weight is 332 g/mol. The van der Waals surface area contributed by atoms with Crippen molar-refractivity contribution < 1.29 is 4.79 Å². The molecule has 4 aromatic rings. The Morgan fingerprint density at radius 1 is 1.04 bits per heavy atom. The van der Waals surface area contributed by atoms with Gasteiger partial charge in [0.1, 0.15) is 0 Å². The third kappa shape index (κ3) is 2.76. The van der Waals surface area contributed by atoms with Gasteiger partial charge in [-0.25, -0.2) is 4.98 Å². The molecule has 0 saturated carbocycles. The number of aryl methyl sites for hydroxylation is 1. The van der Waals surface area contributed by atoms with E-state index in [9.17, 15) is 4.79 Å². The Hall–Kier alpha value is -2.72. The molecule has 1 amide bonds. The molecule has 0 atom stereocenters. The van der Waals surface area contributed by atoms with Crippen LogP contribution in [0.2, 0.25) is 0 Å². The normalized spacial score (nSPS) is 11.0. The molecule has 1 heterocycles. The molecule has 0 aliphatic heterocycles. The van der Waals surface area contributed by atoms with Crippen molar-refractivity contribution in [2.75, 3.05) is 5.32 Å². The molecular weight excluding hydrogens is 316 g/mol. The second-order valence-corrected chi connectivity index (χ2v) is 6.77. The lowest BCUT2D eigenvalue weighted by Crippen LogP contribution is -2.11. The van der Waals surface area contributed by atoms with Crippen molar-refractivity contribution >= 4 is 43.9 Å². The number of benzene rings is 3. The molecule has 0 fully saturated rings. The highest BCUT2D eigenvalue weighted by atomic mass is 32.1. The Morgan fingerprint density at radius 3 is 2.71 bits per heavy atom. The van der Waals surface area contributed by atoms with Gasteiger partial charge in [0.15, 0.2) is 0 Å². The molecule has 0 spiro atoms. The van der Waals surface area contributed by atoms with Gasteiger partial charge in [-0.15, -0.1) is 11.3 Å². The summed E-state index contributed by atoms with van der Waals surface area (Å²) < 4.78 is 1.05. The molecule has 3 nitrogen and oxygen atoms in total. The monoisotopic (exact) mass is 332 g/mol. The highest BCUT2D eigenvalue weighted by Gasteiger charge is 2.10. The Morgan fingerprint density at radius 2 is 1.88 bits per heavy atom. The highest BCUT2D eigenvalue weighted by Crippen LogP contribution is 2.24. The van der Waals surface area contributed by atoms with E-state index in [-0.39, 0.29) is 5.91 Å². The average Bonchev–Trinajstić information content (AvgIpc) is 3.04. The third-order valence-electron chi connectivity index (χ3n) is 4.00. The number of nitrogens with one attached hydrogen (secondary N) is 1. The number of thiazole rings is 1. The first kappa shape index (κ1) is 14.8. The van der Waals surface area contributed by atoms with E-state index in [1.165, 1.54) is 0 Å². The molecule has 0 bridgehead atoms. The predicted molar refractivity (Wildman–Crippen MR) is 101 cm³/mol. The first-order valence-corrected chi connectivity index (χ1v) is 8.74. The van der Waals surface area contributed by atoms with E-state index in [4.69, 9.17) is 0 Å². The number of carbonyl (C=O) groups is 1. The molecule has 0 saturated heterocycles. The van der Waals surface area contributed by atoms with E-state index in [2.05, 4.69) is 23.3 Å². The van der Waals surface area contributed by atoms with Crippen LogP contribution in [0.5, 0.6) is 0 Å². The van der Waals surface area contributed by atoms with Gasteiger partial charge in [-0.3, -0.25) is 4.79 Å². The molecule has 3 aromatic carbocycles. The van der Waals surface area contributed by atoms with Gasteiger partial charge in [-0.05, 0) is 47.5 Å². The van der Waals surface area contributed by atoms with Crippen molar-refractivity contribution in [3.05, 3.63) is 71.2 Å². The maximum absolute atomic E-state index is 12.5. The SMILES string of the molecule is CCc1nc2ccc(C(=O)Nc3ccc4ccccc4c3)cc2s1. The van der Waals surface area contributed by atoms with Crippen LogP contribution in [0.25, 0.3) is 21.0 Å². The number of hydrogen-bond donors (Lipinski definition) is 1. The van der Waals surface area contributed by atoms with Crippen molar-refractivity contribution in [1.82, 2.24) is 4.98 Å². The van der Waals surface area contributed by atoms with Crippen LogP contribution in [-0.2, 0) is 6.42 Å². The Labute approximate surface area is 144 Å². The first-order valence-electron chi connectivity index (χ1n) is 7.92. The molecule has 118 valence electrons. The van der Waals surface area contributed by atoms with Gasteiger partial charge in [0.2, 0.25) is 0 Å². The Balaban J connectivity index is 1.62. The van der Waals surface area contributed by atoms with Gasteiger partial charge in [-0.2, -0.15) is 0 Å². The van der Waals surface area contributed by atoms with E-state index in [0.717, 1.165) is 38.1 Å². The van der Waals surface area contributed by atoms with Crippen LogP contribution in [0.1, 0.15) is 22.3 Å². The van der Waals surface area contributed by atoms with Crippen molar-refractivity contribution in [2.45, 2.75) is 13.3 Å². The first-order chi connectivity index (χ1) is 11.7. The van der Waals surface area contributed by atoms with Crippen LogP contribution < -0.4 is 5.32 Å². The molecule has 24 heavy (non-hydrogen) atoms. The summed E-state index contributed by atoms with van der Waals surface area (Å²) in [5, 5.41) is 6.35. The largest absolute Gasteiger partial charge is 0.322 e. The minimum atomic E-state index is -0.0985. The van der Waals surface area contributed by atoms with Crippen molar-refractivity contribution in [3.63, 3.8) is 0 Å². The minimum Gasteiger partial charge on any atom is -0.322 e. The van der Waals surface area contributed by atoms with Crippen molar-refractivity contribution in [2.24, 2.45) is 0 Å². The number of aromatic nitrogens is 1. The van der Waals surface area contributed by atoms with Gasteiger partial charge in [0.05, 0.1) is 15.2 Å². The highest BCUT2D eigenvalue weighted by molar-refractivity contribution is 7.18. The molecule has 0 aliphatic rings. The van der Waals surface area contributed by atoms with E-state index in [0.29, 0.717) is 5.56 Å². The molecule has 4 rings (SSSR count). The van der Waals surface area contributed by atoms with E-state index in [1.54, 1.807) is 11.3 Å². The number of carbonyl (C=O) groups excluding carboxylic acids is 1. The summed E-state index contributed by atoms with van der Waals surface area (Å²) in [5.41, 5.74) is 2.42. The fourth-order valence-corrected chi connectivity index (χ4v) is 3.68. The molecular formula is C20H16N2OS. The molecule has 1 N–H and O–H groups in total. The zero-order chi connectivity index (χ0) is 16.5. The molecule has 0 unspecified atom stereocenters. The number of amides is 1. The maximum atomic E-state index is 12.5. The van der Waals surface area contributed by atoms with Gasteiger partial charge in [-0.1, -0.05) is 37.3 Å². The number of nitrogens with zero attached hydrogens (tertiary/aromatic N) is 1. The number of anilines is 1. The summed E-state index contributed by atoms with van der Waals surface area (Å²) in [4.78, 5) is 17.1. The lowest BCUT2D eigenvalue weighted by atomic mass is 10.1. The van der Waals surface area contributed by atoms with E-state index in [1.807, 2.05) is 54.6 Å². The van der Waals surface area contributed by atoms with Crippen LogP contribution in [0, 0.1) is 0 Å². The molecule has 1 aromatic heterocycles. The predicted octanol–water partition coefficient (Wildman–Crippen LogP) is 5.26. The fourth-order valence-electron chi connectivity index (χ4n) is 2.74. The summed E-state index contributed by atoms with van der Waals surface area (Å²) in [6.45, 7) is 2.09. The lowest BCUT2D eigenvalue weighted by molar-refractivity contribution is 0.102. The second kappa shape index (κ2) is 6.06. The smallest absolute Gasteiger partial charge is 0.255 e. The summed E-state index contributed by atoms with van der Waals surface area (Å²) in [5.74, 6) is -0.0985. The van der Waals surface area contributed by atoms with Crippen LogP contribution >= 0.6 is 11.3 Å². The molecule has 0 radical (unpaired) electrons. The summed E-state index contributed by atoms with van der Waals surface area (Å²) in [7, 11) is 0. The minimum absolute atomic E-state index is 0.0985. The Kier molecular flexibility index (Phi) is 3.75. The van der Waals surface area contributed by atoms with Gasteiger partial charge < -0.3 is 5.32 Å².